The normalized spacial score (nSPS) is 15.2. The first-order valence-corrected chi connectivity index (χ1v) is 6.70. The second-order valence-corrected chi connectivity index (χ2v) is 4.93. The molecule has 0 bridgehead atoms. The molecule has 1 aliphatic carbocycles. The second-order valence-electron chi connectivity index (χ2n) is 4.93. The third-order valence-electron chi connectivity index (χ3n) is 3.58. The van der Waals surface area contributed by atoms with E-state index in [1.54, 1.807) is 0 Å². The van der Waals surface area contributed by atoms with E-state index in [4.69, 9.17) is 4.98 Å². The molecule has 1 N–H and O–H groups in total. The summed E-state index contributed by atoms with van der Waals surface area (Å²) in [6, 6.07) is 6.86. The van der Waals surface area contributed by atoms with Crippen molar-refractivity contribution in [2.24, 2.45) is 0 Å². The first-order chi connectivity index (χ1) is 8.81. The summed E-state index contributed by atoms with van der Waals surface area (Å²) in [5.74, 6) is 1.13. The SMILES string of the molecule is CCNCc1c(N(C)C2CC2)nc2ccccn12. The summed E-state index contributed by atoms with van der Waals surface area (Å²) in [5.41, 5.74) is 2.30. The van der Waals surface area contributed by atoms with Crippen molar-refractivity contribution >= 4 is 11.5 Å². The molecule has 0 spiro atoms. The fraction of sp³-hybridized carbons (Fsp3) is 0.500. The smallest absolute Gasteiger partial charge is 0.152 e. The molecule has 18 heavy (non-hydrogen) atoms. The summed E-state index contributed by atoms with van der Waals surface area (Å²) in [6.07, 6.45) is 4.69. The van der Waals surface area contributed by atoms with Crippen LogP contribution >= 0.6 is 0 Å². The minimum atomic E-state index is 0.690. The number of pyridine rings is 1. The van der Waals surface area contributed by atoms with E-state index < -0.39 is 0 Å². The standard InChI is InChI=1S/C14H20N4/c1-3-15-10-12-14(17(2)11-7-8-11)16-13-6-4-5-9-18(12)13/h4-6,9,11,15H,3,7-8,10H2,1-2H3. The van der Waals surface area contributed by atoms with Gasteiger partial charge >= 0.3 is 0 Å². The van der Waals surface area contributed by atoms with Crippen LogP contribution in [0, 0.1) is 0 Å². The van der Waals surface area contributed by atoms with Crippen LogP contribution < -0.4 is 10.2 Å². The van der Waals surface area contributed by atoms with Crippen LogP contribution in [0.3, 0.4) is 0 Å². The average Bonchev–Trinajstić information content (AvgIpc) is 3.17. The number of fused-ring (bicyclic) bond motifs is 1. The fourth-order valence-electron chi connectivity index (χ4n) is 2.36. The van der Waals surface area contributed by atoms with Gasteiger partial charge < -0.3 is 14.6 Å². The molecular weight excluding hydrogens is 224 g/mol. The van der Waals surface area contributed by atoms with Gasteiger partial charge in [-0.3, -0.25) is 0 Å². The van der Waals surface area contributed by atoms with Crippen LogP contribution in [-0.2, 0) is 6.54 Å². The third kappa shape index (κ3) is 1.97. The van der Waals surface area contributed by atoms with E-state index in [0.717, 1.165) is 24.6 Å². The summed E-state index contributed by atoms with van der Waals surface area (Å²) in [4.78, 5) is 7.11. The van der Waals surface area contributed by atoms with Gasteiger partial charge in [0.15, 0.2) is 5.82 Å². The number of rotatable bonds is 5. The maximum atomic E-state index is 4.78. The largest absolute Gasteiger partial charge is 0.355 e. The van der Waals surface area contributed by atoms with Gasteiger partial charge in [-0.1, -0.05) is 13.0 Å². The molecule has 3 rings (SSSR count). The van der Waals surface area contributed by atoms with Gasteiger partial charge in [0, 0.05) is 25.8 Å². The van der Waals surface area contributed by atoms with Crippen molar-refractivity contribution in [3.8, 4) is 0 Å². The summed E-state index contributed by atoms with van der Waals surface area (Å²) in [7, 11) is 2.16. The molecule has 2 aromatic heterocycles. The molecular formula is C14H20N4. The van der Waals surface area contributed by atoms with E-state index in [2.05, 4.69) is 46.9 Å². The lowest BCUT2D eigenvalue weighted by molar-refractivity contribution is 0.701. The lowest BCUT2D eigenvalue weighted by Gasteiger charge is -2.17. The topological polar surface area (TPSA) is 32.6 Å². The van der Waals surface area contributed by atoms with Crippen LogP contribution in [0.5, 0.6) is 0 Å². The number of hydrogen-bond acceptors (Lipinski definition) is 3. The van der Waals surface area contributed by atoms with Crippen LogP contribution in [0.15, 0.2) is 24.4 Å². The Labute approximate surface area is 108 Å². The number of nitrogens with one attached hydrogen (secondary N) is 1. The second kappa shape index (κ2) is 4.61. The van der Waals surface area contributed by atoms with Gasteiger partial charge in [-0.15, -0.1) is 0 Å². The molecule has 1 saturated carbocycles. The molecule has 96 valence electrons. The Morgan fingerprint density at radius 3 is 3.00 bits per heavy atom. The Morgan fingerprint density at radius 2 is 2.28 bits per heavy atom. The van der Waals surface area contributed by atoms with Gasteiger partial charge in [-0.05, 0) is 31.5 Å². The van der Waals surface area contributed by atoms with Gasteiger partial charge in [-0.2, -0.15) is 0 Å². The summed E-state index contributed by atoms with van der Waals surface area (Å²) in [5, 5.41) is 3.41. The Bertz CT molecular complexity index is 542. The highest BCUT2D eigenvalue weighted by Crippen LogP contribution is 2.32. The minimum Gasteiger partial charge on any atom is -0.355 e. The maximum Gasteiger partial charge on any atom is 0.152 e. The van der Waals surface area contributed by atoms with Crippen molar-refractivity contribution < 1.29 is 0 Å². The van der Waals surface area contributed by atoms with Crippen molar-refractivity contribution in [2.75, 3.05) is 18.5 Å². The van der Waals surface area contributed by atoms with Crippen molar-refractivity contribution in [3.05, 3.63) is 30.1 Å². The van der Waals surface area contributed by atoms with Gasteiger partial charge in [0.1, 0.15) is 5.65 Å². The van der Waals surface area contributed by atoms with E-state index in [0.29, 0.717) is 6.04 Å². The maximum absolute atomic E-state index is 4.78. The molecule has 0 unspecified atom stereocenters. The number of aromatic nitrogens is 2. The highest BCUT2D eigenvalue weighted by Gasteiger charge is 2.29. The molecule has 0 atom stereocenters. The average molecular weight is 244 g/mol. The molecule has 0 radical (unpaired) electrons. The predicted octanol–water partition coefficient (Wildman–Crippen LogP) is 2.04. The summed E-state index contributed by atoms with van der Waals surface area (Å²) in [6.45, 7) is 3.98. The molecule has 0 aliphatic heterocycles. The van der Waals surface area contributed by atoms with Gasteiger partial charge in [0.25, 0.3) is 0 Å². The van der Waals surface area contributed by atoms with Crippen LogP contribution in [0.4, 0.5) is 5.82 Å². The summed E-state index contributed by atoms with van der Waals surface area (Å²) < 4.78 is 2.19. The highest BCUT2D eigenvalue weighted by atomic mass is 15.3. The van der Waals surface area contributed by atoms with E-state index in [-0.39, 0.29) is 0 Å². The van der Waals surface area contributed by atoms with Crippen molar-refractivity contribution in [3.63, 3.8) is 0 Å². The molecule has 2 heterocycles. The highest BCUT2D eigenvalue weighted by molar-refractivity contribution is 5.56. The Kier molecular flexibility index (Phi) is 2.96. The number of anilines is 1. The number of nitrogens with zero attached hydrogens (tertiary/aromatic N) is 3. The van der Waals surface area contributed by atoms with E-state index >= 15 is 0 Å². The molecule has 0 saturated heterocycles. The molecule has 4 nitrogen and oxygen atoms in total. The molecule has 1 fully saturated rings. The zero-order valence-electron chi connectivity index (χ0n) is 11.1. The third-order valence-corrected chi connectivity index (χ3v) is 3.58. The van der Waals surface area contributed by atoms with Crippen molar-refractivity contribution in [1.82, 2.24) is 14.7 Å². The Morgan fingerprint density at radius 1 is 1.44 bits per heavy atom. The first-order valence-electron chi connectivity index (χ1n) is 6.70. The zero-order chi connectivity index (χ0) is 12.5. The molecule has 0 aromatic carbocycles. The van der Waals surface area contributed by atoms with Crippen molar-refractivity contribution in [1.29, 1.82) is 0 Å². The minimum absolute atomic E-state index is 0.690. The quantitative estimate of drug-likeness (QED) is 0.873. The van der Waals surface area contributed by atoms with Crippen LogP contribution in [-0.4, -0.2) is 29.0 Å². The van der Waals surface area contributed by atoms with Crippen LogP contribution in [0.25, 0.3) is 5.65 Å². The van der Waals surface area contributed by atoms with Crippen molar-refractivity contribution in [2.45, 2.75) is 32.4 Å². The molecule has 1 aliphatic rings. The Hall–Kier alpha value is -1.55. The fourth-order valence-corrected chi connectivity index (χ4v) is 2.36. The zero-order valence-corrected chi connectivity index (χ0v) is 11.1. The van der Waals surface area contributed by atoms with Gasteiger partial charge in [-0.25, -0.2) is 4.98 Å². The lowest BCUT2D eigenvalue weighted by atomic mass is 10.3. The van der Waals surface area contributed by atoms with E-state index in [1.807, 2.05) is 6.07 Å². The number of hydrogen-bond donors (Lipinski definition) is 1. The monoisotopic (exact) mass is 244 g/mol. The Balaban J connectivity index is 2.04. The van der Waals surface area contributed by atoms with E-state index in [1.165, 1.54) is 18.5 Å². The van der Waals surface area contributed by atoms with Gasteiger partial charge in [0.2, 0.25) is 0 Å². The number of imidazole rings is 1. The molecule has 4 heteroatoms. The predicted molar refractivity (Wildman–Crippen MR) is 74.0 cm³/mol. The van der Waals surface area contributed by atoms with Gasteiger partial charge in [0.05, 0.1) is 5.69 Å². The van der Waals surface area contributed by atoms with Crippen LogP contribution in [0.2, 0.25) is 0 Å². The van der Waals surface area contributed by atoms with Crippen LogP contribution in [0.1, 0.15) is 25.5 Å². The molecule has 0 amide bonds. The molecule has 2 aromatic rings. The van der Waals surface area contributed by atoms with E-state index in [9.17, 15) is 0 Å². The summed E-state index contributed by atoms with van der Waals surface area (Å²) >= 11 is 0. The lowest BCUT2D eigenvalue weighted by Crippen LogP contribution is -2.23. The first kappa shape index (κ1) is 11.5.